The van der Waals surface area contributed by atoms with E-state index in [9.17, 15) is 0 Å². The van der Waals surface area contributed by atoms with Gasteiger partial charge in [0.05, 0.1) is 0 Å². The van der Waals surface area contributed by atoms with Crippen LogP contribution in [-0.4, -0.2) is 9.97 Å². The van der Waals surface area contributed by atoms with Gasteiger partial charge < -0.3 is 4.90 Å². The SMILES string of the molecule is CC(C)(C)c1c2ccc(N(c3ccccc3)c3ccccc3)cc2c(C(C)(C)C)c2cc(N(c3ccccn3)c3ccccn3)ccc12. The Morgan fingerprint density at radius 1 is 0.375 bits per heavy atom. The van der Waals surface area contributed by atoms with Gasteiger partial charge in [0, 0.05) is 35.1 Å². The fraction of sp³-hybridized carbons (Fsp3) is 0.182. The van der Waals surface area contributed by atoms with Gasteiger partial charge in [0.15, 0.2) is 0 Å². The fourth-order valence-electron chi connectivity index (χ4n) is 7.05. The third-order valence-corrected chi connectivity index (χ3v) is 8.89. The number of hydrogen-bond donors (Lipinski definition) is 0. The number of rotatable bonds is 6. The average Bonchev–Trinajstić information content (AvgIpc) is 3.08. The summed E-state index contributed by atoms with van der Waals surface area (Å²) in [5.41, 5.74) is 6.83. The normalized spacial score (nSPS) is 12.0. The second kappa shape index (κ2) is 12.3. The van der Waals surface area contributed by atoms with Gasteiger partial charge in [-0.25, -0.2) is 9.97 Å². The summed E-state index contributed by atoms with van der Waals surface area (Å²) in [6, 6.07) is 47.3. The van der Waals surface area contributed by atoms with Crippen LogP contribution in [0.3, 0.4) is 0 Å². The van der Waals surface area contributed by atoms with Gasteiger partial charge in [-0.3, -0.25) is 4.90 Å². The second-order valence-corrected chi connectivity index (χ2v) is 14.4. The Labute approximate surface area is 284 Å². The van der Waals surface area contributed by atoms with Crippen molar-refractivity contribution in [2.24, 2.45) is 0 Å². The quantitative estimate of drug-likeness (QED) is 0.172. The first-order chi connectivity index (χ1) is 23.1. The highest BCUT2D eigenvalue weighted by Gasteiger charge is 2.29. The van der Waals surface area contributed by atoms with Crippen LogP contribution in [0.2, 0.25) is 0 Å². The highest BCUT2D eigenvalue weighted by Crippen LogP contribution is 2.47. The standard InChI is InChI=1S/C44H42N4/c1-43(2,3)41-35-25-23-33(47(31-17-9-7-10-18-31)32-19-11-8-12-20-32)29-37(35)42(44(4,5)6)38-30-34(24-26-36(38)41)48(39-21-13-15-27-45-39)40-22-14-16-28-46-40/h7-30H,1-6H3. The monoisotopic (exact) mass is 626 g/mol. The van der Waals surface area contributed by atoms with Crippen molar-refractivity contribution in [3.8, 4) is 0 Å². The highest BCUT2D eigenvalue weighted by atomic mass is 15.2. The van der Waals surface area contributed by atoms with Crippen LogP contribution in [0, 0.1) is 0 Å². The number of fused-ring (bicyclic) bond motifs is 2. The maximum absolute atomic E-state index is 4.76. The maximum atomic E-state index is 4.76. The molecule has 0 amide bonds. The van der Waals surface area contributed by atoms with Gasteiger partial charge in [0.1, 0.15) is 11.6 Å². The molecule has 4 nitrogen and oxygen atoms in total. The molecule has 5 aromatic carbocycles. The molecule has 0 saturated heterocycles. The molecule has 7 rings (SSSR count). The summed E-state index contributed by atoms with van der Waals surface area (Å²) < 4.78 is 0. The molecule has 0 unspecified atom stereocenters. The van der Waals surface area contributed by atoms with E-state index < -0.39 is 0 Å². The Kier molecular flexibility index (Phi) is 7.96. The van der Waals surface area contributed by atoms with E-state index in [0.29, 0.717) is 0 Å². The number of anilines is 6. The molecular weight excluding hydrogens is 585 g/mol. The molecule has 4 heteroatoms. The molecule has 7 aromatic rings. The highest BCUT2D eigenvalue weighted by molar-refractivity contribution is 6.09. The van der Waals surface area contributed by atoms with Crippen LogP contribution >= 0.6 is 0 Å². The van der Waals surface area contributed by atoms with Crippen molar-refractivity contribution in [3.63, 3.8) is 0 Å². The molecule has 0 fully saturated rings. The number of nitrogens with zero attached hydrogens (tertiary/aromatic N) is 4. The van der Waals surface area contributed by atoms with Crippen LogP contribution in [0.4, 0.5) is 34.4 Å². The van der Waals surface area contributed by atoms with E-state index >= 15 is 0 Å². The summed E-state index contributed by atoms with van der Waals surface area (Å²) in [5, 5.41) is 5.09. The summed E-state index contributed by atoms with van der Waals surface area (Å²) >= 11 is 0. The van der Waals surface area contributed by atoms with E-state index in [-0.39, 0.29) is 10.8 Å². The van der Waals surface area contributed by atoms with Crippen LogP contribution < -0.4 is 9.80 Å². The van der Waals surface area contributed by atoms with Crippen LogP contribution in [0.5, 0.6) is 0 Å². The van der Waals surface area contributed by atoms with Crippen LogP contribution in [-0.2, 0) is 10.8 Å². The van der Waals surface area contributed by atoms with Gasteiger partial charge in [0.25, 0.3) is 0 Å². The summed E-state index contributed by atoms with van der Waals surface area (Å²) in [6.07, 6.45) is 3.68. The molecule has 2 aromatic heterocycles. The van der Waals surface area contributed by atoms with Crippen molar-refractivity contribution in [1.82, 2.24) is 9.97 Å². The number of pyridine rings is 2. The number of para-hydroxylation sites is 2. The maximum Gasteiger partial charge on any atom is 0.138 e. The minimum absolute atomic E-state index is 0.101. The Hall–Kier alpha value is -5.48. The Morgan fingerprint density at radius 3 is 1.17 bits per heavy atom. The lowest BCUT2D eigenvalue weighted by Gasteiger charge is -2.32. The first-order valence-corrected chi connectivity index (χ1v) is 16.7. The molecular formula is C44H42N4. The molecule has 0 aliphatic rings. The Balaban J connectivity index is 1.56. The molecule has 48 heavy (non-hydrogen) atoms. The molecule has 0 spiro atoms. The smallest absolute Gasteiger partial charge is 0.138 e. The molecule has 0 aliphatic carbocycles. The first kappa shape index (κ1) is 31.1. The molecule has 2 heterocycles. The second-order valence-electron chi connectivity index (χ2n) is 14.4. The third-order valence-electron chi connectivity index (χ3n) is 8.89. The molecule has 0 aliphatic heterocycles. The van der Waals surface area contributed by atoms with Crippen molar-refractivity contribution >= 4 is 55.9 Å². The van der Waals surface area contributed by atoms with E-state index in [1.54, 1.807) is 0 Å². The van der Waals surface area contributed by atoms with Gasteiger partial charge in [-0.05, 0) is 116 Å². The van der Waals surface area contributed by atoms with E-state index in [1.165, 1.54) is 32.7 Å². The average molecular weight is 627 g/mol. The summed E-state index contributed by atoms with van der Waals surface area (Å²) in [5.74, 6) is 1.65. The molecule has 0 saturated carbocycles. The van der Waals surface area contributed by atoms with Gasteiger partial charge >= 0.3 is 0 Å². The molecule has 0 radical (unpaired) electrons. The predicted molar refractivity (Wildman–Crippen MR) is 204 cm³/mol. The van der Waals surface area contributed by atoms with Crippen molar-refractivity contribution < 1.29 is 0 Å². The molecule has 0 N–H and O–H groups in total. The fourth-order valence-corrected chi connectivity index (χ4v) is 7.05. The zero-order valence-electron chi connectivity index (χ0n) is 28.6. The van der Waals surface area contributed by atoms with E-state index in [4.69, 9.17) is 9.97 Å². The predicted octanol–water partition coefficient (Wildman–Crippen LogP) is 12.3. The largest absolute Gasteiger partial charge is 0.310 e. The number of hydrogen-bond acceptors (Lipinski definition) is 4. The Bertz CT molecular complexity index is 1960. The summed E-state index contributed by atoms with van der Waals surface area (Å²) in [6.45, 7) is 14.0. The zero-order valence-corrected chi connectivity index (χ0v) is 28.6. The van der Waals surface area contributed by atoms with Crippen molar-refractivity contribution in [1.29, 1.82) is 0 Å². The lowest BCUT2D eigenvalue weighted by atomic mass is 9.74. The van der Waals surface area contributed by atoms with Gasteiger partial charge in [-0.15, -0.1) is 0 Å². The van der Waals surface area contributed by atoms with Gasteiger partial charge in [-0.1, -0.05) is 102 Å². The lowest BCUT2D eigenvalue weighted by Crippen LogP contribution is -2.19. The zero-order chi connectivity index (χ0) is 33.5. The van der Waals surface area contributed by atoms with Crippen LogP contribution in [0.15, 0.2) is 146 Å². The first-order valence-electron chi connectivity index (χ1n) is 16.7. The minimum Gasteiger partial charge on any atom is -0.310 e. The summed E-state index contributed by atoms with van der Waals surface area (Å²) in [4.78, 5) is 14.0. The molecule has 238 valence electrons. The van der Waals surface area contributed by atoms with Crippen LogP contribution in [0.25, 0.3) is 21.5 Å². The topological polar surface area (TPSA) is 32.3 Å². The van der Waals surface area contributed by atoms with Crippen molar-refractivity contribution in [3.05, 3.63) is 157 Å². The van der Waals surface area contributed by atoms with E-state index in [0.717, 1.165) is 34.4 Å². The van der Waals surface area contributed by atoms with Crippen molar-refractivity contribution in [2.75, 3.05) is 9.80 Å². The number of aromatic nitrogens is 2. The van der Waals surface area contributed by atoms with Crippen molar-refractivity contribution in [2.45, 2.75) is 52.4 Å². The van der Waals surface area contributed by atoms with E-state index in [2.05, 4.69) is 148 Å². The molecule has 0 atom stereocenters. The minimum atomic E-state index is -0.157. The lowest BCUT2D eigenvalue weighted by molar-refractivity contribution is 0.593. The van der Waals surface area contributed by atoms with Crippen LogP contribution in [0.1, 0.15) is 52.7 Å². The number of benzene rings is 5. The summed E-state index contributed by atoms with van der Waals surface area (Å²) in [7, 11) is 0. The van der Waals surface area contributed by atoms with E-state index in [1.807, 2.05) is 48.8 Å². The van der Waals surface area contributed by atoms with Gasteiger partial charge in [0.2, 0.25) is 0 Å². The Morgan fingerprint density at radius 2 is 0.771 bits per heavy atom. The third kappa shape index (κ3) is 5.79. The molecule has 0 bridgehead atoms. The van der Waals surface area contributed by atoms with Gasteiger partial charge in [-0.2, -0.15) is 0 Å².